The van der Waals surface area contributed by atoms with Crippen molar-refractivity contribution in [3.8, 4) is 0 Å². The zero-order valence-electron chi connectivity index (χ0n) is 8.19. The number of nitrogen functional groups attached to an aromatic ring is 1. The average Bonchev–Trinajstić information content (AvgIpc) is 2.64. The van der Waals surface area contributed by atoms with E-state index in [0.29, 0.717) is 10.6 Å². The summed E-state index contributed by atoms with van der Waals surface area (Å²) in [7, 11) is 1.28. The maximum Gasteiger partial charge on any atom is 0.350 e. The number of rotatable bonds is 4. The molecule has 82 valence electrons. The largest absolute Gasteiger partial charge is 0.469 e. The standard InChI is InChI=1S/C9H11NO4S/c1-13-7(11)2-4-14-9(12)8-6(10)3-5-15-8/h3,5H,2,4,10H2,1H3. The van der Waals surface area contributed by atoms with Crippen molar-refractivity contribution in [2.24, 2.45) is 0 Å². The molecule has 0 aliphatic carbocycles. The molecule has 5 nitrogen and oxygen atoms in total. The maximum atomic E-state index is 11.4. The molecule has 1 heterocycles. The van der Waals surface area contributed by atoms with Crippen molar-refractivity contribution in [3.63, 3.8) is 0 Å². The number of esters is 2. The minimum Gasteiger partial charge on any atom is -0.469 e. The number of carbonyl (C=O) groups excluding carboxylic acids is 2. The Bertz CT molecular complexity index is 361. The third-order valence-corrected chi connectivity index (χ3v) is 2.56. The number of methoxy groups -OCH3 is 1. The summed E-state index contributed by atoms with van der Waals surface area (Å²) < 4.78 is 9.22. The monoisotopic (exact) mass is 229 g/mol. The fourth-order valence-corrected chi connectivity index (χ4v) is 1.59. The number of hydrogen-bond donors (Lipinski definition) is 1. The average molecular weight is 229 g/mol. The first-order chi connectivity index (χ1) is 7.15. The van der Waals surface area contributed by atoms with Crippen molar-refractivity contribution in [1.82, 2.24) is 0 Å². The van der Waals surface area contributed by atoms with Crippen LogP contribution in [0, 0.1) is 0 Å². The quantitative estimate of drug-likeness (QED) is 0.781. The van der Waals surface area contributed by atoms with Crippen molar-refractivity contribution in [2.45, 2.75) is 6.42 Å². The maximum absolute atomic E-state index is 11.4. The van der Waals surface area contributed by atoms with Crippen molar-refractivity contribution < 1.29 is 19.1 Å². The SMILES string of the molecule is COC(=O)CCOC(=O)c1sccc1N. The van der Waals surface area contributed by atoms with Gasteiger partial charge in [0, 0.05) is 0 Å². The van der Waals surface area contributed by atoms with Gasteiger partial charge in [-0.2, -0.15) is 0 Å². The highest BCUT2D eigenvalue weighted by molar-refractivity contribution is 7.12. The van der Waals surface area contributed by atoms with Crippen LogP contribution in [0.15, 0.2) is 11.4 Å². The van der Waals surface area contributed by atoms with Crippen LogP contribution in [0.1, 0.15) is 16.1 Å². The molecule has 0 fully saturated rings. The molecular formula is C9H11NO4S. The summed E-state index contributed by atoms with van der Waals surface area (Å²) in [5.74, 6) is -0.923. The first-order valence-corrected chi connectivity index (χ1v) is 5.10. The Balaban J connectivity index is 2.38. The molecule has 0 spiro atoms. The molecule has 1 aromatic heterocycles. The van der Waals surface area contributed by atoms with Gasteiger partial charge in [-0.3, -0.25) is 4.79 Å². The van der Waals surface area contributed by atoms with E-state index >= 15 is 0 Å². The highest BCUT2D eigenvalue weighted by Gasteiger charge is 2.13. The molecule has 0 saturated carbocycles. The molecule has 0 radical (unpaired) electrons. The molecule has 6 heteroatoms. The highest BCUT2D eigenvalue weighted by atomic mass is 32.1. The van der Waals surface area contributed by atoms with Gasteiger partial charge in [-0.1, -0.05) is 0 Å². The topological polar surface area (TPSA) is 78.6 Å². The zero-order chi connectivity index (χ0) is 11.3. The van der Waals surface area contributed by atoms with Crippen molar-refractivity contribution in [1.29, 1.82) is 0 Å². The molecule has 2 N–H and O–H groups in total. The summed E-state index contributed by atoms with van der Waals surface area (Å²) in [5, 5.41) is 1.70. The van der Waals surface area contributed by atoms with E-state index in [-0.39, 0.29) is 13.0 Å². The summed E-state index contributed by atoms with van der Waals surface area (Å²) in [4.78, 5) is 22.4. The lowest BCUT2D eigenvalue weighted by molar-refractivity contribution is -0.141. The van der Waals surface area contributed by atoms with Gasteiger partial charge in [0.15, 0.2) is 0 Å². The van der Waals surface area contributed by atoms with Crippen LogP contribution in [0.2, 0.25) is 0 Å². The van der Waals surface area contributed by atoms with Crippen LogP contribution in [0.4, 0.5) is 5.69 Å². The molecule has 15 heavy (non-hydrogen) atoms. The van der Waals surface area contributed by atoms with Gasteiger partial charge < -0.3 is 15.2 Å². The van der Waals surface area contributed by atoms with Crippen LogP contribution in [0.5, 0.6) is 0 Å². The van der Waals surface area contributed by atoms with E-state index in [1.54, 1.807) is 11.4 Å². The van der Waals surface area contributed by atoms with Crippen LogP contribution in [-0.4, -0.2) is 25.7 Å². The first kappa shape index (κ1) is 11.5. The molecule has 0 bridgehead atoms. The number of hydrogen-bond acceptors (Lipinski definition) is 6. The van der Waals surface area contributed by atoms with E-state index in [2.05, 4.69) is 4.74 Å². The van der Waals surface area contributed by atoms with E-state index in [1.165, 1.54) is 18.4 Å². The minimum absolute atomic E-state index is 0.00282. The van der Waals surface area contributed by atoms with Gasteiger partial charge in [0.05, 0.1) is 19.2 Å². The summed E-state index contributed by atoms with van der Waals surface area (Å²) in [6.07, 6.45) is 0.0491. The second-order valence-electron chi connectivity index (χ2n) is 2.67. The molecule has 1 rings (SSSR count). The lowest BCUT2D eigenvalue weighted by atomic mass is 10.4. The summed E-state index contributed by atoms with van der Waals surface area (Å²) >= 11 is 1.21. The Labute approximate surface area is 90.8 Å². The van der Waals surface area contributed by atoms with Crippen LogP contribution in [0.3, 0.4) is 0 Å². The summed E-state index contributed by atoms with van der Waals surface area (Å²) in [5.41, 5.74) is 5.91. The molecule has 0 unspecified atom stereocenters. The number of anilines is 1. The van der Waals surface area contributed by atoms with Crippen LogP contribution >= 0.6 is 11.3 Å². The Morgan fingerprint density at radius 3 is 2.80 bits per heavy atom. The molecule has 0 amide bonds. The van der Waals surface area contributed by atoms with Crippen LogP contribution in [0.25, 0.3) is 0 Å². The Morgan fingerprint density at radius 2 is 2.27 bits per heavy atom. The molecule has 0 aliphatic heterocycles. The minimum atomic E-state index is -0.508. The third-order valence-electron chi connectivity index (χ3n) is 1.65. The smallest absolute Gasteiger partial charge is 0.350 e. The number of nitrogens with two attached hydrogens (primary N) is 1. The van der Waals surface area contributed by atoms with Gasteiger partial charge in [0.1, 0.15) is 11.5 Å². The number of thiophene rings is 1. The van der Waals surface area contributed by atoms with E-state index in [1.807, 2.05) is 0 Å². The molecular weight excluding hydrogens is 218 g/mol. The van der Waals surface area contributed by atoms with Gasteiger partial charge in [-0.15, -0.1) is 11.3 Å². The van der Waals surface area contributed by atoms with Gasteiger partial charge in [-0.25, -0.2) is 4.79 Å². The zero-order valence-corrected chi connectivity index (χ0v) is 9.00. The lowest BCUT2D eigenvalue weighted by Crippen LogP contribution is -2.10. The van der Waals surface area contributed by atoms with Crippen LogP contribution in [-0.2, 0) is 14.3 Å². The summed E-state index contributed by atoms with van der Waals surface area (Å²) in [6, 6.07) is 1.63. The number of ether oxygens (including phenoxy) is 2. The van der Waals surface area contributed by atoms with E-state index in [9.17, 15) is 9.59 Å². The lowest BCUT2D eigenvalue weighted by Gasteiger charge is -2.02. The van der Waals surface area contributed by atoms with Gasteiger partial charge in [0.25, 0.3) is 0 Å². The predicted molar refractivity (Wildman–Crippen MR) is 55.6 cm³/mol. The van der Waals surface area contributed by atoms with E-state index < -0.39 is 11.9 Å². The normalized spacial score (nSPS) is 9.67. The van der Waals surface area contributed by atoms with Crippen molar-refractivity contribution in [3.05, 3.63) is 16.3 Å². The summed E-state index contributed by atoms with van der Waals surface area (Å²) in [6.45, 7) is 0.00282. The molecule has 1 aromatic rings. The molecule has 0 aliphatic rings. The molecule has 0 atom stereocenters. The third kappa shape index (κ3) is 3.25. The number of carbonyl (C=O) groups is 2. The fraction of sp³-hybridized carbons (Fsp3) is 0.333. The van der Waals surface area contributed by atoms with Crippen LogP contribution < -0.4 is 5.73 Å². The second-order valence-corrected chi connectivity index (χ2v) is 3.58. The van der Waals surface area contributed by atoms with Gasteiger partial charge in [-0.05, 0) is 11.4 Å². The highest BCUT2D eigenvalue weighted by Crippen LogP contribution is 2.19. The molecule has 0 saturated heterocycles. The Kier molecular flexibility index (Phi) is 4.11. The fourth-order valence-electron chi connectivity index (χ4n) is 0.880. The van der Waals surface area contributed by atoms with E-state index in [0.717, 1.165) is 0 Å². The second kappa shape index (κ2) is 5.35. The van der Waals surface area contributed by atoms with Gasteiger partial charge in [0.2, 0.25) is 0 Å². The Hall–Kier alpha value is -1.56. The van der Waals surface area contributed by atoms with Gasteiger partial charge >= 0.3 is 11.9 Å². The van der Waals surface area contributed by atoms with E-state index in [4.69, 9.17) is 10.5 Å². The predicted octanol–water partition coefficient (Wildman–Crippen LogP) is 1.05. The van der Waals surface area contributed by atoms with Crippen molar-refractivity contribution >= 4 is 29.0 Å². The Morgan fingerprint density at radius 1 is 1.53 bits per heavy atom. The first-order valence-electron chi connectivity index (χ1n) is 4.22. The molecule has 0 aromatic carbocycles. The van der Waals surface area contributed by atoms with Crippen molar-refractivity contribution in [2.75, 3.05) is 19.5 Å².